The lowest BCUT2D eigenvalue weighted by Crippen LogP contribution is -2.53. The molecule has 2 saturated heterocycles. The number of urea groups is 1. The first-order valence-electron chi connectivity index (χ1n) is 9.91. The molecular weight excluding hydrogens is 434 g/mol. The molecule has 0 spiro atoms. The zero-order valence-corrected chi connectivity index (χ0v) is 17.6. The second-order valence-corrected chi connectivity index (χ2v) is 10.1. The van der Waals surface area contributed by atoms with Crippen molar-refractivity contribution in [1.82, 2.24) is 19.4 Å². The van der Waals surface area contributed by atoms with Gasteiger partial charge in [-0.15, -0.1) is 0 Å². The molecule has 1 aromatic rings. The van der Waals surface area contributed by atoms with Gasteiger partial charge in [0.25, 0.3) is 5.91 Å². The highest BCUT2D eigenvalue weighted by Crippen LogP contribution is 2.42. The minimum atomic E-state index is -4.05. The van der Waals surface area contributed by atoms with E-state index in [1.54, 1.807) is 6.92 Å². The van der Waals surface area contributed by atoms with Crippen LogP contribution < -0.4 is 5.32 Å². The Labute approximate surface area is 178 Å². The third-order valence-electron chi connectivity index (χ3n) is 6.11. The average molecular weight is 456 g/mol. The molecule has 1 aromatic carbocycles. The molecule has 0 unspecified atom stereocenters. The summed E-state index contributed by atoms with van der Waals surface area (Å²) >= 11 is 0. The van der Waals surface area contributed by atoms with Gasteiger partial charge in [-0.05, 0) is 43.9 Å². The fourth-order valence-corrected chi connectivity index (χ4v) is 5.43. The zero-order valence-electron chi connectivity index (χ0n) is 16.8. The molecule has 9 nitrogen and oxygen atoms in total. The quantitative estimate of drug-likeness (QED) is 0.650. The van der Waals surface area contributed by atoms with Gasteiger partial charge in [0.2, 0.25) is 15.9 Å². The lowest BCUT2D eigenvalue weighted by Gasteiger charge is -2.34. The molecule has 2 heterocycles. The minimum absolute atomic E-state index is 0.0469. The maximum absolute atomic E-state index is 13.4. The standard InChI is InChI=1S/C19H22F2N4O5S/c1-19(12-2-3-12)17(27)25(18(28)22-19)11-16(26)23-6-8-24(9-7-23)31(29,30)13-4-5-14(20)15(21)10-13/h4-5,10,12H,2-3,6-9,11H2,1H3,(H,22,28)/t19-/m1/s1. The normalized spacial score (nSPS) is 25.1. The summed E-state index contributed by atoms with van der Waals surface area (Å²) in [5.41, 5.74) is -0.978. The van der Waals surface area contributed by atoms with Crippen molar-refractivity contribution in [2.24, 2.45) is 5.92 Å². The number of nitrogens with zero attached hydrogens (tertiary/aromatic N) is 3. The summed E-state index contributed by atoms with van der Waals surface area (Å²) in [6.45, 7) is 1.25. The smallest absolute Gasteiger partial charge is 0.325 e. The van der Waals surface area contributed by atoms with Crippen LogP contribution in [0.4, 0.5) is 13.6 Å². The predicted molar refractivity (Wildman–Crippen MR) is 103 cm³/mol. The van der Waals surface area contributed by atoms with E-state index in [0.717, 1.165) is 34.2 Å². The van der Waals surface area contributed by atoms with Crippen molar-refractivity contribution in [2.75, 3.05) is 32.7 Å². The molecule has 0 radical (unpaired) electrons. The number of amides is 4. The molecule has 1 saturated carbocycles. The Bertz CT molecular complexity index is 1050. The van der Waals surface area contributed by atoms with E-state index < -0.39 is 51.6 Å². The molecule has 1 aliphatic carbocycles. The number of hydrogen-bond donors (Lipinski definition) is 1. The molecule has 1 N–H and O–H groups in total. The number of rotatable bonds is 5. The highest BCUT2D eigenvalue weighted by atomic mass is 32.2. The summed E-state index contributed by atoms with van der Waals surface area (Å²) in [4.78, 5) is 39.4. The van der Waals surface area contributed by atoms with Crippen LogP contribution in [0.25, 0.3) is 0 Å². The summed E-state index contributed by atoms with van der Waals surface area (Å²) in [6.07, 6.45) is 1.69. The average Bonchev–Trinajstić information content (AvgIpc) is 3.56. The topological polar surface area (TPSA) is 107 Å². The number of sulfonamides is 1. The van der Waals surface area contributed by atoms with Gasteiger partial charge in [-0.2, -0.15) is 4.31 Å². The van der Waals surface area contributed by atoms with Gasteiger partial charge in [0.15, 0.2) is 11.6 Å². The van der Waals surface area contributed by atoms with Crippen molar-refractivity contribution in [2.45, 2.75) is 30.2 Å². The van der Waals surface area contributed by atoms with Gasteiger partial charge in [-0.25, -0.2) is 22.0 Å². The largest absolute Gasteiger partial charge is 0.338 e. The first-order valence-corrected chi connectivity index (χ1v) is 11.3. The minimum Gasteiger partial charge on any atom is -0.338 e. The van der Waals surface area contributed by atoms with E-state index in [1.807, 2.05) is 0 Å². The van der Waals surface area contributed by atoms with Gasteiger partial charge < -0.3 is 10.2 Å². The van der Waals surface area contributed by atoms with E-state index in [9.17, 15) is 31.6 Å². The summed E-state index contributed by atoms with van der Waals surface area (Å²) in [5.74, 6) is -3.22. The van der Waals surface area contributed by atoms with Gasteiger partial charge in [0.1, 0.15) is 12.1 Å². The summed E-state index contributed by atoms with van der Waals surface area (Å²) in [7, 11) is -4.05. The third kappa shape index (κ3) is 3.78. The van der Waals surface area contributed by atoms with Crippen molar-refractivity contribution in [3.8, 4) is 0 Å². The summed E-state index contributed by atoms with van der Waals surface area (Å²) < 4.78 is 52.9. The van der Waals surface area contributed by atoms with E-state index in [0.29, 0.717) is 6.07 Å². The summed E-state index contributed by atoms with van der Waals surface area (Å²) in [5, 5.41) is 2.68. The second kappa shape index (κ2) is 7.52. The van der Waals surface area contributed by atoms with Crippen molar-refractivity contribution in [1.29, 1.82) is 0 Å². The van der Waals surface area contributed by atoms with E-state index in [2.05, 4.69) is 5.32 Å². The van der Waals surface area contributed by atoms with Crippen LogP contribution >= 0.6 is 0 Å². The van der Waals surface area contributed by atoms with Crippen molar-refractivity contribution in [3.05, 3.63) is 29.8 Å². The Morgan fingerprint density at radius 2 is 1.77 bits per heavy atom. The van der Waals surface area contributed by atoms with Crippen molar-refractivity contribution >= 4 is 27.9 Å². The van der Waals surface area contributed by atoms with Gasteiger partial charge in [-0.3, -0.25) is 14.5 Å². The molecule has 0 bridgehead atoms. The molecule has 12 heteroatoms. The number of benzene rings is 1. The Morgan fingerprint density at radius 1 is 1.13 bits per heavy atom. The number of imide groups is 1. The molecule has 31 heavy (non-hydrogen) atoms. The first-order chi connectivity index (χ1) is 14.5. The number of hydrogen-bond acceptors (Lipinski definition) is 5. The number of piperazine rings is 1. The highest BCUT2D eigenvalue weighted by molar-refractivity contribution is 7.89. The predicted octanol–water partition coefficient (Wildman–Crippen LogP) is 0.518. The monoisotopic (exact) mass is 456 g/mol. The molecular formula is C19H22F2N4O5S. The Kier molecular flexibility index (Phi) is 5.24. The Hall–Kier alpha value is -2.60. The van der Waals surface area contributed by atoms with Crippen LogP contribution in [-0.4, -0.2) is 78.6 Å². The molecule has 2 aliphatic heterocycles. The van der Waals surface area contributed by atoms with Gasteiger partial charge in [0, 0.05) is 26.2 Å². The maximum Gasteiger partial charge on any atom is 0.325 e. The number of nitrogens with one attached hydrogen (secondary N) is 1. The van der Waals surface area contributed by atoms with Crippen LogP contribution in [0.1, 0.15) is 19.8 Å². The molecule has 0 aromatic heterocycles. The van der Waals surface area contributed by atoms with Gasteiger partial charge in [0.05, 0.1) is 4.90 Å². The molecule has 1 atom stereocenters. The van der Waals surface area contributed by atoms with Crippen LogP contribution in [0.15, 0.2) is 23.1 Å². The summed E-state index contributed by atoms with van der Waals surface area (Å²) in [6, 6.07) is 1.75. The SMILES string of the molecule is C[C@]1(C2CC2)NC(=O)N(CC(=O)N2CCN(S(=O)(=O)c3ccc(F)c(F)c3)CC2)C1=O. The Balaban J connectivity index is 1.37. The van der Waals surface area contributed by atoms with Gasteiger partial charge in [-0.1, -0.05) is 0 Å². The van der Waals surface area contributed by atoms with E-state index in [4.69, 9.17) is 0 Å². The number of carbonyl (C=O) groups is 3. The van der Waals surface area contributed by atoms with E-state index in [1.165, 1.54) is 4.90 Å². The van der Waals surface area contributed by atoms with E-state index >= 15 is 0 Å². The highest BCUT2D eigenvalue weighted by Gasteiger charge is 2.56. The van der Waals surface area contributed by atoms with E-state index in [-0.39, 0.29) is 37.0 Å². The van der Waals surface area contributed by atoms with Crippen LogP contribution in [-0.2, 0) is 19.6 Å². The number of halogens is 2. The Morgan fingerprint density at radius 3 is 2.35 bits per heavy atom. The molecule has 4 rings (SSSR count). The molecule has 3 fully saturated rings. The van der Waals surface area contributed by atoms with Crippen LogP contribution in [0.3, 0.4) is 0 Å². The molecule has 168 valence electrons. The lowest BCUT2D eigenvalue weighted by molar-refractivity contribution is -0.139. The van der Waals surface area contributed by atoms with Crippen molar-refractivity contribution < 1.29 is 31.6 Å². The van der Waals surface area contributed by atoms with Crippen LogP contribution in [0.2, 0.25) is 0 Å². The number of carbonyl (C=O) groups excluding carboxylic acids is 3. The molecule has 3 aliphatic rings. The lowest BCUT2D eigenvalue weighted by atomic mass is 9.96. The fourth-order valence-electron chi connectivity index (χ4n) is 4.00. The van der Waals surface area contributed by atoms with Crippen molar-refractivity contribution in [3.63, 3.8) is 0 Å². The second-order valence-electron chi connectivity index (χ2n) is 8.16. The van der Waals surface area contributed by atoms with Crippen LogP contribution in [0, 0.1) is 17.6 Å². The first kappa shape index (κ1) is 21.6. The van der Waals surface area contributed by atoms with Gasteiger partial charge >= 0.3 is 6.03 Å². The van der Waals surface area contributed by atoms with Crippen LogP contribution in [0.5, 0.6) is 0 Å². The zero-order chi connectivity index (χ0) is 22.6. The third-order valence-corrected chi connectivity index (χ3v) is 8.00. The fraction of sp³-hybridized carbons (Fsp3) is 0.526. The molecule has 4 amide bonds. The maximum atomic E-state index is 13.4.